The highest BCUT2D eigenvalue weighted by atomic mass is 127. The van der Waals surface area contributed by atoms with Gasteiger partial charge in [0.05, 0.1) is 13.7 Å². The van der Waals surface area contributed by atoms with Crippen LogP contribution in [0.15, 0.2) is 33.8 Å². The van der Waals surface area contributed by atoms with E-state index in [0.717, 1.165) is 75.8 Å². The molecule has 0 radical (unpaired) electrons. The molecule has 176 valence electrons. The predicted octanol–water partition coefficient (Wildman–Crippen LogP) is 3.76. The maximum Gasteiger partial charge on any atom is 0.226 e. The van der Waals surface area contributed by atoms with E-state index in [-0.39, 0.29) is 24.0 Å². The van der Waals surface area contributed by atoms with Gasteiger partial charge in [-0.2, -0.15) is 4.98 Å². The van der Waals surface area contributed by atoms with Gasteiger partial charge in [-0.3, -0.25) is 4.99 Å². The summed E-state index contributed by atoms with van der Waals surface area (Å²) in [5, 5.41) is 7.62. The Morgan fingerprint density at radius 1 is 1.22 bits per heavy atom. The monoisotopic (exact) mass is 555 g/mol. The Kier molecular flexibility index (Phi) is 9.15. The summed E-state index contributed by atoms with van der Waals surface area (Å²) in [6, 6.07) is 7.67. The Morgan fingerprint density at radius 2 is 2.06 bits per heavy atom. The van der Waals surface area contributed by atoms with Gasteiger partial charge >= 0.3 is 0 Å². The van der Waals surface area contributed by atoms with Crippen molar-refractivity contribution in [1.29, 1.82) is 0 Å². The quantitative estimate of drug-likeness (QED) is 0.230. The summed E-state index contributed by atoms with van der Waals surface area (Å²) in [5.41, 5.74) is 1.28. The first-order valence-electron chi connectivity index (χ1n) is 11.2. The SMILES string of the molecule is CN=C(NCCCCCc1nc(-c2ccc(OC)cc2)no1)N1CCC2(CCOC2)C1.I. The zero-order chi connectivity index (χ0) is 21.5. The molecule has 2 aromatic rings. The number of unbranched alkanes of at least 4 members (excludes halogenated alkanes) is 2. The number of benzene rings is 1. The lowest BCUT2D eigenvalue weighted by Gasteiger charge is -2.24. The molecule has 1 aromatic heterocycles. The number of hydrogen-bond acceptors (Lipinski definition) is 6. The van der Waals surface area contributed by atoms with Gasteiger partial charge in [0.25, 0.3) is 0 Å². The molecular formula is C23H34IN5O3. The Balaban J connectivity index is 0.00000289. The fourth-order valence-corrected chi connectivity index (χ4v) is 4.41. The second-order valence-electron chi connectivity index (χ2n) is 8.50. The molecule has 32 heavy (non-hydrogen) atoms. The molecule has 2 fully saturated rings. The predicted molar refractivity (Wildman–Crippen MR) is 135 cm³/mol. The Bertz CT molecular complexity index is 865. The second-order valence-corrected chi connectivity index (χ2v) is 8.50. The summed E-state index contributed by atoms with van der Waals surface area (Å²) in [7, 11) is 3.52. The van der Waals surface area contributed by atoms with E-state index in [1.54, 1.807) is 7.11 Å². The highest BCUT2D eigenvalue weighted by molar-refractivity contribution is 14.0. The van der Waals surface area contributed by atoms with Crippen molar-refractivity contribution in [2.24, 2.45) is 10.4 Å². The lowest BCUT2D eigenvalue weighted by atomic mass is 9.87. The molecule has 4 rings (SSSR count). The molecule has 8 nitrogen and oxygen atoms in total. The molecule has 1 atom stereocenters. The van der Waals surface area contributed by atoms with E-state index in [1.807, 2.05) is 31.3 Å². The summed E-state index contributed by atoms with van der Waals surface area (Å²) in [4.78, 5) is 11.4. The van der Waals surface area contributed by atoms with Gasteiger partial charge in [0.1, 0.15) is 5.75 Å². The third-order valence-corrected chi connectivity index (χ3v) is 6.30. The van der Waals surface area contributed by atoms with Crippen molar-refractivity contribution >= 4 is 29.9 Å². The third-order valence-electron chi connectivity index (χ3n) is 6.30. The lowest BCUT2D eigenvalue weighted by Crippen LogP contribution is -2.41. The highest BCUT2D eigenvalue weighted by Gasteiger charge is 2.42. The van der Waals surface area contributed by atoms with Gasteiger partial charge in [-0.05, 0) is 49.9 Å². The van der Waals surface area contributed by atoms with Crippen molar-refractivity contribution in [3.8, 4) is 17.1 Å². The lowest BCUT2D eigenvalue weighted by molar-refractivity contribution is 0.156. The van der Waals surface area contributed by atoms with Gasteiger partial charge in [-0.25, -0.2) is 0 Å². The molecule has 3 heterocycles. The zero-order valence-electron chi connectivity index (χ0n) is 19.0. The Hall–Kier alpha value is -1.88. The molecule has 1 aromatic carbocycles. The van der Waals surface area contributed by atoms with E-state index in [9.17, 15) is 0 Å². The van der Waals surface area contributed by atoms with E-state index in [0.29, 0.717) is 17.1 Å². The maximum atomic E-state index is 5.63. The van der Waals surface area contributed by atoms with Gasteiger partial charge in [-0.15, -0.1) is 24.0 Å². The molecule has 1 unspecified atom stereocenters. The molecule has 2 aliphatic heterocycles. The molecule has 1 N–H and O–H groups in total. The van der Waals surface area contributed by atoms with Crippen LogP contribution in [0.25, 0.3) is 11.4 Å². The first-order valence-corrected chi connectivity index (χ1v) is 11.2. The van der Waals surface area contributed by atoms with Crippen LogP contribution >= 0.6 is 24.0 Å². The van der Waals surface area contributed by atoms with Crippen LogP contribution in [0, 0.1) is 5.41 Å². The van der Waals surface area contributed by atoms with Crippen LogP contribution < -0.4 is 10.1 Å². The van der Waals surface area contributed by atoms with Crippen LogP contribution in [-0.4, -0.2) is 68.0 Å². The smallest absolute Gasteiger partial charge is 0.226 e. The van der Waals surface area contributed by atoms with Crippen molar-refractivity contribution in [3.63, 3.8) is 0 Å². The molecule has 2 saturated heterocycles. The zero-order valence-corrected chi connectivity index (χ0v) is 21.3. The third kappa shape index (κ3) is 6.12. The fraction of sp³-hybridized carbons (Fsp3) is 0.609. The van der Waals surface area contributed by atoms with Gasteiger partial charge in [0.2, 0.25) is 11.7 Å². The fourth-order valence-electron chi connectivity index (χ4n) is 4.41. The van der Waals surface area contributed by atoms with Gasteiger partial charge in [0.15, 0.2) is 5.96 Å². The largest absolute Gasteiger partial charge is 0.497 e. The van der Waals surface area contributed by atoms with Crippen LogP contribution in [0.4, 0.5) is 0 Å². The number of aliphatic imine (C=N–C) groups is 1. The Labute approximate surface area is 207 Å². The van der Waals surface area contributed by atoms with Crippen LogP contribution in [0.3, 0.4) is 0 Å². The maximum absolute atomic E-state index is 5.63. The molecule has 2 aliphatic rings. The summed E-state index contributed by atoms with van der Waals surface area (Å²) < 4.78 is 16.2. The molecule has 0 aliphatic carbocycles. The number of hydrogen-bond donors (Lipinski definition) is 1. The number of likely N-dealkylation sites (tertiary alicyclic amines) is 1. The molecule has 0 bridgehead atoms. The van der Waals surface area contributed by atoms with Gasteiger partial charge in [-0.1, -0.05) is 11.6 Å². The number of nitrogens with one attached hydrogen (secondary N) is 1. The summed E-state index contributed by atoms with van der Waals surface area (Å²) >= 11 is 0. The first kappa shape index (κ1) is 24.8. The van der Waals surface area contributed by atoms with Crippen molar-refractivity contribution in [3.05, 3.63) is 30.2 Å². The van der Waals surface area contributed by atoms with Crippen LogP contribution in [-0.2, 0) is 11.2 Å². The number of guanidine groups is 1. The van der Waals surface area contributed by atoms with E-state index in [4.69, 9.17) is 14.0 Å². The molecule has 1 spiro atoms. The number of halogens is 1. The number of methoxy groups -OCH3 is 1. The number of ether oxygens (including phenoxy) is 2. The van der Waals surface area contributed by atoms with Crippen molar-refractivity contribution in [2.75, 3.05) is 47.0 Å². The molecule has 0 amide bonds. The first-order chi connectivity index (χ1) is 15.2. The minimum Gasteiger partial charge on any atom is -0.497 e. The Morgan fingerprint density at radius 3 is 2.78 bits per heavy atom. The van der Waals surface area contributed by atoms with Crippen molar-refractivity contribution in [2.45, 2.75) is 38.5 Å². The number of nitrogens with zero attached hydrogens (tertiary/aromatic N) is 4. The van der Waals surface area contributed by atoms with E-state index < -0.39 is 0 Å². The average Bonchev–Trinajstić information content (AvgIpc) is 3.56. The van der Waals surface area contributed by atoms with Crippen molar-refractivity contribution in [1.82, 2.24) is 20.4 Å². The van der Waals surface area contributed by atoms with E-state index in [1.165, 1.54) is 12.8 Å². The number of aromatic nitrogens is 2. The number of aryl methyl sites for hydroxylation is 1. The second kappa shape index (κ2) is 11.8. The molecular weight excluding hydrogens is 521 g/mol. The normalized spacial score (nSPS) is 20.6. The summed E-state index contributed by atoms with van der Waals surface area (Å²) in [6.45, 7) is 4.85. The summed E-state index contributed by atoms with van der Waals surface area (Å²) in [6.07, 6.45) is 6.39. The average molecular weight is 555 g/mol. The minimum absolute atomic E-state index is 0. The standard InChI is InChI=1S/C23H33N5O3.HI/c1-24-22(28-14-11-23(16-28)12-15-30-17-23)25-13-5-3-4-6-20-26-21(27-31-20)18-7-9-19(29-2)10-8-18;/h7-10H,3-6,11-17H2,1-2H3,(H,24,25);1H. The van der Waals surface area contributed by atoms with Gasteiger partial charge < -0.3 is 24.2 Å². The van der Waals surface area contributed by atoms with Crippen LogP contribution in [0.1, 0.15) is 38.0 Å². The summed E-state index contributed by atoms with van der Waals surface area (Å²) in [5.74, 6) is 3.15. The van der Waals surface area contributed by atoms with E-state index >= 15 is 0 Å². The van der Waals surface area contributed by atoms with Crippen molar-refractivity contribution < 1.29 is 14.0 Å². The highest BCUT2D eigenvalue weighted by Crippen LogP contribution is 2.38. The van der Waals surface area contributed by atoms with Gasteiger partial charge in [0, 0.05) is 50.7 Å². The van der Waals surface area contributed by atoms with Crippen LogP contribution in [0.2, 0.25) is 0 Å². The minimum atomic E-state index is 0. The number of rotatable bonds is 8. The molecule has 9 heteroatoms. The topological polar surface area (TPSA) is 85.0 Å². The van der Waals surface area contributed by atoms with Crippen LogP contribution in [0.5, 0.6) is 5.75 Å². The molecule has 0 saturated carbocycles. The van der Waals surface area contributed by atoms with E-state index in [2.05, 4.69) is 25.3 Å².